The monoisotopic (exact) mass is 245 g/mol. The Morgan fingerprint density at radius 1 is 1.45 bits per heavy atom. The van der Waals surface area contributed by atoms with Gasteiger partial charge in [-0.1, -0.05) is 26.7 Å². The summed E-state index contributed by atoms with van der Waals surface area (Å²) < 4.78 is 0. The summed E-state index contributed by atoms with van der Waals surface area (Å²) in [6.07, 6.45) is 3.52. The van der Waals surface area contributed by atoms with Crippen LogP contribution < -0.4 is 5.11 Å². The fourth-order valence-electron chi connectivity index (χ4n) is 0.939. The van der Waals surface area contributed by atoms with Crippen LogP contribution >= 0.6 is 0 Å². The van der Waals surface area contributed by atoms with E-state index in [1.165, 1.54) is 0 Å². The van der Waals surface area contributed by atoms with Crippen molar-refractivity contribution in [2.24, 2.45) is 5.92 Å². The van der Waals surface area contributed by atoms with Crippen molar-refractivity contribution in [2.75, 3.05) is 0 Å². The molecule has 11 heavy (non-hydrogen) atoms. The molecular formula is C8H15O2Ru+2. The summed E-state index contributed by atoms with van der Waals surface area (Å²) in [6, 6.07) is 0. The summed E-state index contributed by atoms with van der Waals surface area (Å²) in [4.78, 5) is 10.3. The van der Waals surface area contributed by atoms with Crippen LogP contribution in [-0.2, 0) is 24.3 Å². The maximum Gasteiger partial charge on any atom is 3.00 e. The summed E-state index contributed by atoms with van der Waals surface area (Å²) in [6.45, 7) is 3.94. The van der Waals surface area contributed by atoms with Gasteiger partial charge in [0.25, 0.3) is 0 Å². The zero-order valence-corrected chi connectivity index (χ0v) is 8.81. The van der Waals surface area contributed by atoms with Crippen LogP contribution in [0.5, 0.6) is 0 Å². The average molecular weight is 244 g/mol. The Kier molecular flexibility index (Phi) is 10.2. The van der Waals surface area contributed by atoms with Crippen molar-refractivity contribution in [3.05, 3.63) is 0 Å². The molecule has 0 spiro atoms. The molecule has 0 aliphatic carbocycles. The molecule has 1 atom stereocenters. The summed E-state index contributed by atoms with van der Waals surface area (Å²) in [5, 5.41) is 10.3. The topological polar surface area (TPSA) is 40.1 Å². The minimum atomic E-state index is -0.893. The zero-order valence-electron chi connectivity index (χ0n) is 7.08. The molecule has 0 aromatic carbocycles. The van der Waals surface area contributed by atoms with E-state index in [0.29, 0.717) is 6.42 Å². The van der Waals surface area contributed by atoms with Crippen molar-refractivity contribution in [1.29, 1.82) is 0 Å². The van der Waals surface area contributed by atoms with E-state index < -0.39 is 5.97 Å². The Balaban J connectivity index is 0. The third-order valence-corrected chi connectivity index (χ3v) is 1.73. The number of carbonyl (C=O) groups is 1. The van der Waals surface area contributed by atoms with Gasteiger partial charge in [0.2, 0.25) is 0 Å². The van der Waals surface area contributed by atoms with Crippen molar-refractivity contribution in [2.45, 2.75) is 39.5 Å². The summed E-state index contributed by atoms with van der Waals surface area (Å²) >= 11 is 0. The minimum absolute atomic E-state index is 0. The molecule has 0 N–H and O–H groups in total. The SMILES string of the molecule is CCCCC(CC)C(=O)[O-].[Ru+3]. The van der Waals surface area contributed by atoms with Crippen LogP contribution in [0.15, 0.2) is 0 Å². The predicted octanol–water partition coefficient (Wildman–Crippen LogP) is 0.950. The van der Waals surface area contributed by atoms with Crippen molar-refractivity contribution < 1.29 is 29.4 Å². The third kappa shape index (κ3) is 6.49. The Morgan fingerprint density at radius 2 is 2.00 bits per heavy atom. The van der Waals surface area contributed by atoms with E-state index >= 15 is 0 Å². The fraction of sp³-hybridized carbons (Fsp3) is 0.875. The molecule has 0 rings (SSSR count). The molecule has 0 heterocycles. The van der Waals surface area contributed by atoms with E-state index in [2.05, 4.69) is 6.92 Å². The van der Waals surface area contributed by atoms with E-state index in [0.717, 1.165) is 19.3 Å². The second kappa shape index (κ2) is 8.19. The number of carboxylic acids is 1. The Labute approximate surface area is 81.1 Å². The van der Waals surface area contributed by atoms with E-state index in [1.807, 2.05) is 6.92 Å². The first-order valence-electron chi connectivity index (χ1n) is 3.93. The van der Waals surface area contributed by atoms with Crippen LogP contribution in [0.3, 0.4) is 0 Å². The van der Waals surface area contributed by atoms with Gasteiger partial charge in [0, 0.05) is 5.97 Å². The molecule has 0 aliphatic heterocycles. The van der Waals surface area contributed by atoms with E-state index in [4.69, 9.17) is 0 Å². The first-order valence-corrected chi connectivity index (χ1v) is 3.93. The van der Waals surface area contributed by atoms with Gasteiger partial charge in [-0.25, -0.2) is 0 Å². The van der Waals surface area contributed by atoms with Gasteiger partial charge in [0.05, 0.1) is 0 Å². The van der Waals surface area contributed by atoms with Crippen LogP contribution in [0.25, 0.3) is 0 Å². The van der Waals surface area contributed by atoms with Gasteiger partial charge in [-0.2, -0.15) is 0 Å². The Morgan fingerprint density at radius 3 is 2.27 bits per heavy atom. The second-order valence-electron chi connectivity index (χ2n) is 2.57. The molecule has 1 radical (unpaired) electrons. The number of hydrogen-bond acceptors (Lipinski definition) is 2. The minimum Gasteiger partial charge on any atom is -0.550 e. The zero-order chi connectivity index (χ0) is 7.98. The molecule has 65 valence electrons. The molecule has 0 saturated heterocycles. The first kappa shape index (κ1) is 13.7. The normalized spacial score (nSPS) is 11.8. The van der Waals surface area contributed by atoms with Crippen molar-refractivity contribution >= 4 is 5.97 Å². The summed E-state index contributed by atoms with van der Waals surface area (Å²) in [7, 11) is 0. The number of unbranched alkanes of at least 4 members (excludes halogenated alkanes) is 1. The van der Waals surface area contributed by atoms with Gasteiger partial charge in [0.1, 0.15) is 0 Å². The first-order chi connectivity index (χ1) is 4.72. The van der Waals surface area contributed by atoms with Crippen molar-refractivity contribution in [3.8, 4) is 0 Å². The fourth-order valence-corrected chi connectivity index (χ4v) is 0.939. The predicted molar refractivity (Wildman–Crippen MR) is 38.3 cm³/mol. The van der Waals surface area contributed by atoms with Crippen LogP contribution in [-0.4, -0.2) is 5.97 Å². The molecule has 0 aromatic heterocycles. The summed E-state index contributed by atoms with van der Waals surface area (Å²) in [5.74, 6) is -1.11. The maximum absolute atomic E-state index is 10.3. The van der Waals surface area contributed by atoms with Crippen molar-refractivity contribution in [3.63, 3.8) is 0 Å². The maximum atomic E-state index is 10.3. The van der Waals surface area contributed by atoms with E-state index in [9.17, 15) is 9.90 Å². The molecular weight excluding hydrogens is 229 g/mol. The van der Waals surface area contributed by atoms with Crippen LogP contribution in [0.2, 0.25) is 0 Å². The molecule has 0 fully saturated rings. The van der Waals surface area contributed by atoms with Gasteiger partial charge in [0.15, 0.2) is 0 Å². The third-order valence-electron chi connectivity index (χ3n) is 1.73. The number of carboxylic acid groups (broad SMARTS) is 1. The average Bonchev–Trinajstić information content (AvgIpc) is 1.89. The van der Waals surface area contributed by atoms with Crippen molar-refractivity contribution in [1.82, 2.24) is 0 Å². The molecule has 0 saturated carbocycles. The second-order valence-corrected chi connectivity index (χ2v) is 2.57. The van der Waals surface area contributed by atoms with Crippen LogP contribution in [0.1, 0.15) is 39.5 Å². The number of rotatable bonds is 5. The molecule has 0 bridgehead atoms. The standard InChI is InChI=1S/C8H16O2.Ru/c1-3-5-6-7(4-2)8(9)10;/h7H,3-6H2,1-2H3,(H,9,10);/q;+3/p-1. The Hall–Kier alpha value is 0.0934. The smallest absolute Gasteiger partial charge is 0.550 e. The molecule has 0 amide bonds. The van der Waals surface area contributed by atoms with Gasteiger partial charge in [-0.15, -0.1) is 0 Å². The molecule has 1 unspecified atom stereocenters. The molecule has 2 nitrogen and oxygen atoms in total. The van der Waals surface area contributed by atoms with Crippen LogP contribution in [0.4, 0.5) is 0 Å². The van der Waals surface area contributed by atoms with Crippen LogP contribution in [0, 0.1) is 5.92 Å². The van der Waals surface area contributed by atoms with Gasteiger partial charge in [-0.05, 0) is 18.8 Å². The number of aliphatic carboxylic acids is 1. The van der Waals surface area contributed by atoms with Gasteiger partial charge >= 0.3 is 19.5 Å². The number of hydrogen-bond donors (Lipinski definition) is 0. The van der Waals surface area contributed by atoms with Gasteiger partial charge < -0.3 is 9.90 Å². The van der Waals surface area contributed by atoms with E-state index in [1.54, 1.807) is 0 Å². The molecule has 0 aromatic rings. The number of carbonyl (C=O) groups excluding carboxylic acids is 1. The molecule has 3 heteroatoms. The largest absolute Gasteiger partial charge is 3.00 e. The van der Waals surface area contributed by atoms with Gasteiger partial charge in [-0.3, -0.25) is 0 Å². The van der Waals surface area contributed by atoms with E-state index in [-0.39, 0.29) is 25.4 Å². The quantitative estimate of drug-likeness (QED) is 0.676. The Bertz CT molecular complexity index is 104. The molecule has 0 aliphatic rings. The summed E-state index contributed by atoms with van der Waals surface area (Å²) in [5.41, 5.74) is 0.